The molecule has 3 rings (SSSR count). The number of amides is 3. The molecule has 1 atom stereocenters. The highest BCUT2D eigenvalue weighted by atomic mass is 16.2. The largest absolute Gasteiger partial charge is 0.342 e. The molecule has 0 radical (unpaired) electrons. The van der Waals surface area contributed by atoms with E-state index in [-0.39, 0.29) is 29.6 Å². The molecule has 2 aliphatic rings. The molecule has 0 bridgehead atoms. The van der Waals surface area contributed by atoms with Crippen LogP contribution in [-0.2, 0) is 9.59 Å². The number of benzene rings is 1. The van der Waals surface area contributed by atoms with Gasteiger partial charge in [-0.3, -0.25) is 14.4 Å². The molecule has 0 unspecified atom stereocenters. The highest BCUT2D eigenvalue weighted by molar-refractivity contribution is 5.97. The van der Waals surface area contributed by atoms with Gasteiger partial charge in [0.05, 0.1) is 0 Å². The van der Waals surface area contributed by atoms with E-state index in [9.17, 15) is 14.4 Å². The van der Waals surface area contributed by atoms with Crippen LogP contribution in [0.25, 0.3) is 0 Å². The van der Waals surface area contributed by atoms with Crippen molar-refractivity contribution in [3.63, 3.8) is 0 Å². The fourth-order valence-corrected chi connectivity index (χ4v) is 4.17. The van der Waals surface area contributed by atoms with Crippen LogP contribution in [0.3, 0.4) is 0 Å². The second-order valence-corrected chi connectivity index (χ2v) is 8.27. The second kappa shape index (κ2) is 9.42. The van der Waals surface area contributed by atoms with E-state index in [2.05, 4.69) is 5.32 Å². The molecule has 158 valence electrons. The van der Waals surface area contributed by atoms with Gasteiger partial charge >= 0.3 is 0 Å². The molecule has 1 saturated carbocycles. The molecule has 1 aromatic carbocycles. The topological polar surface area (TPSA) is 69.7 Å². The van der Waals surface area contributed by atoms with Crippen LogP contribution in [0.1, 0.15) is 55.5 Å². The average molecular weight is 400 g/mol. The predicted octanol–water partition coefficient (Wildman–Crippen LogP) is 2.61. The van der Waals surface area contributed by atoms with Crippen molar-refractivity contribution in [1.29, 1.82) is 0 Å². The molecule has 1 heterocycles. The van der Waals surface area contributed by atoms with Gasteiger partial charge in [0.1, 0.15) is 6.04 Å². The molecule has 1 N–H and O–H groups in total. The second-order valence-electron chi connectivity index (χ2n) is 8.27. The number of likely N-dealkylation sites (N-methyl/N-ethyl adjacent to an activating group) is 1. The summed E-state index contributed by atoms with van der Waals surface area (Å²) >= 11 is 0. The van der Waals surface area contributed by atoms with Gasteiger partial charge in [-0.25, -0.2) is 0 Å². The van der Waals surface area contributed by atoms with Crippen LogP contribution >= 0.6 is 0 Å². The zero-order valence-corrected chi connectivity index (χ0v) is 17.8. The first-order valence-electron chi connectivity index (χ1n) is 10.9. The molecule has 1 aliphatic carbocycles. The van der Waals surface area contributed by atoms with Gasteiger partial charge < -0.3 is 15.1 Å². The van der Waals surface area contributed by atoms with E-state index in [4.69, 9.17) is 0 Å². The first kappa shape index (κ1) is 21.3. The number of rotatable bonds is 7. The van der Waals surface area contributed by atoms with Crippen molar-refractivity contribution in [3.8, 4) is 0 Å². The molecule has 2 fully saturated rings. The number of nitrogens with zero attached hydrogens (tertiary/aromatic N) is 2. The molecular weight excluding hydrogens is 366 g/mol. The zero-order valence-electron chi connectivity index (χ0n) is 17.8. The van der Waals surface area contributed by atoms with Crippen LogP contribution in [0.15, 0.2) is 24.3 Å². The summed E-state index contributed by atoms with van der Waals surface area (Å²) in [6.07, 6.45) is 3.50. The first-order valence-corrected chi connectivity index (χ1v) is 10.9. The minimum Gasteiger partial charge on any atom is -0.342 e. The van der Waals surface area contributed by atoms with Crippen molar-refractivity contribution in [2.24, 2.45) is 11.8 Å². The fraction of sp³-hybridized carbons (Fsp3) is 0.609. The van der Waals surface area contributed by atoms with Gasteiger partial charge in [0.15, 0.2) is 0 Å². The smallest absolute Gasteiger partial charge is 0.251 e. The lowest BCUT2D eigenvalue weighted by Crippen LogP contribution is -2.54. The van der Waals surface area contributed by atoms with Crippen molar-refractivity contribution in [2.45, 2.75) is 52.5 Å². The lowest BCUT2D eigenvalue weighted by Gasteiger charge is -2.37. The Balaban J connectivity index is 1.71. The fourth-order valence-electron chi connectivity index (χ4n) is 4.17. The Labute approximate surface area is 173 Å². The van der Waals surface area contributed by atoms with E-state index < -0.39 is 6.04 Å². The molecule has 29 heavy (non-hydrogen) atoms. The normalized spacial score (nSPS) is 18.2. The van der Waals surface area contributed by atoms with Gasteiger partial charge in [-0.15, -0.1) is 0 Å². The summed E-state index contributed by atoms with van der Waals surface area (Å²) in [6, 6.07) is 6.86. The Morgan fingerprint density at radius 1 is 1.10 bits per heavy atom. The van der Waals surface area contributed by atoms with Crippen molar-refractivity contribution in [1.82, 2.24) is 15.1 Å². The van der Waals surface area contributed by atoms with Crippen LogP contribution in [0.2, 0.25) is 0 Å². The van der Waals surface area contributed by atoms with E-state index in [0.717, 1.165) is 31.2 Å². The van der Waals surface area contributed by atoms with Gasteiger partial charge in [-0.05, 0) is 64.5 Å². The highest BCUT2D eigenvalue weighted by Crippen LogP contribution is 2.33. The monoisotopic (exact) mass is 399 g/mol. The Bertz CT molecular complexity index is 747. The molecule has 1 aliphatic heterocycles. The summed E-state index contributed by atoms with van der Waals surface area (Å²) in [7, 11) is 0. The van der Waals surface area contributed by atoms with Crippen LogP contribution < -0.4 is 5.32 Å². The number of piperidine rings is 1. The number of likely N-dealkylation sites (tertiary alicyclic amines) is 1. The molecular formula is C23H33N3O3. The number of hydrogen-bond donors (Lipinski definition) is 1. The van der Waals surface area contributed by atoms with E-state index in [1.807, 2.05) is 43.9 Å². The highest BCUT2D eigenvalue weighted by Gasteiger charge is 2.38. The Morgan fingerprint density at radius 3 is 2.31 bits per heavy atom. The van der Waals surface area contributed by atoms with Gasteiger partial charge in [0.25, 0.3) is 5.91 Å². The average Bonchev–Trinajstić information content (AvgIpc) is 3.57. The van der Waals surface area contributed by atoms with Gasteiger partial charge in [-0.2, -0.15) is 0 Å². The van der Waals surface area contributed by atoms with E-state index in [0.29, 0.717) is 31.7 Å². The van der Waals surface area contributed by atoms with Gasteiger partial charge in [-0.1, -0.05) is 17.7 Å². The summed E-state index contributed by atoms with van der Waals surface area (Å²) in [5, 5.41) is 3.02. The van der Waals surface area contributed by atoms with Gasteiger partial charge in [0, 0.05) is 37.7 Å². The van der Waals surface area contributed by atoms with Crippen LogP contribution in [0.4, 0.5) is 0 Å². The third kappa shape index (κ3) is 5.17. The van der Waals surface area contributed by atoms with Gasteiger partial charge in [0.2, 0.25) is 11.8 Å². The molecule has 1 aromatic rings. The summed E-state index contributed by atoms with van der Waals surface area (Å²) < 4.78 is 0. The van der Waals surface area contributed by atoms with Crippen molar-refractivity contribution in [2.75, 3.05) is 26.2 Å². The SMILES string of the molecule is CCN(CC)C(=O)[C@H](NC(=O)c1cccc(C)c1)C1CCN(C(=O)C2CC2)CC1. The molecule has 6 nitrogen and oxygen atoms in total. The number of aryl methyl sites for hydroxylation is 1. The third-order valence-corrected chi connectivity index (χ3v) is 6.16. The van der Waals surface area contributed by atoms with Crippen molar-refractivity contribution in [3.05, 3.63) is 35.4 Å². The number of hydrogen-bond acceptors (Lipinski definition) is 3. The van der Waals surface area contributed by atoms with Crippen LogP contribution in [0, 0.1) is 18.8 Å². The van der Waals surface area contributed by atoms with Crippen molar-refractivity contribution >= 4 is 17.7 Å². The number of nitrogens with one attached hydrogen (secondary N) is 1. The maximum atomic E-state index is 13.2. The van der Waals surface area contributed by atoms with Crippen LogP contribution in [0.5, 0.6) is 0 Å². The maximum absolute atomic E-state index is 13.2. The van der Waals surface area contributed by atoms with E-state index >= 15 is 0 Å². The number of carbonyl (C=O) groups excluding carboxylic acids is 3. The van der Waals surface area contributed by atoms with E-state index in [1.165, 1.54) is 0 Å². The molecule has 0 spiro atoms. The van der Waals surface area contributed by atoms with Crippen LogP contribution in [-0.4, -0.2) is 59.7 Å². The first-order chi connectivity index (χ1) is 13.9. The maximum Gasteiger partial charge on any atom is 0.251 e. The van der Waals surface area contributed by atoms with Crippen molar-refractivity contribution < 1.29 is 14.4 Å². The summed E-state index contributed by atoms with van der Waals surface area (Å²) in [5.74, 6) is 0.290. The summed E-state index contributed by atoms with van der Waals surface area (Å²) in [5.41, 5.74) is 1.58. The zero-order chi connectivity index (χ0) is 21.0. The lowest BCUT2D eigenvalue weighted by atomic mass is 9.88. The summed E-state index contributed by atoms with van der Waals surface area (Å²) in [6.45, 7) is 8.43. The Morgan fingerprint density at radius 2 is 1.76 bits per heavy atom. The number of carbonyl (C=O) groups is 3. The third-order valence-electron chi connectivity index (χ3n) is 6.16. The minimum atomic E-state index is -0.555. The molecule has 3 amide bonds. The standard InChI is InChI=1S/C23H33N3O3/c1-4-25(5-2)23(29)20(24-21(27)19-8-6-7-16(3)15-19)17-11-13-26(14-12-17)22(28)18-9-10-18/h6-8,15,17-18,20H,4-5,9-14H2,1-3H3,(H,24,27)/t20-/m1/s1. The van der Waals surface area contributed by atoms with E-state index in [1.54, 1.807) is 11.0 Å². The molecule has 0 aromatic heterocycles. The Kier molecular flexibility index (Phi) is 6.93. The summed E-state index contributed by atoms with van der Waals surface area (Å²) in [4.78, 5) is 42.1. The molecule has 1 saturated heterocycles. The lowest BCUT2D eigenvalue weighted by molar-refractivity contribution is -0.136. The molecule has 6 heteroatoms. The predicted molar refractivity (Wildman–Crippen MR) is 112 cm³/mol. The minimum absolute atomic E-state index is 0.0250. The quantitative estimate of drug-likeness (QED) is 0.766. The Hall–Kier alpha value is -2.37.